The summed E-state index contributed by atoms with van der Waals surface area (Å²) in [5.41, 5.74) is 0.806. The van der Waals surface area contributed by atoms with Crippen LogP contribution in [0.1, 0.15) is 12.0 Å². The van der Waals surface area contributed by atoms with Gasteiger partial charge in [-0.05, 0) is 24.7 Å². The van der Waals surface area contributed by atoms with Gasteiger partial charge in [0, 0.05) is 26.6 Å². The molecule has 4 heteroatoms. The average Bonchev–Trinajstić information content (AvgIpc) is 2.25. The van der Waals surface area contributed by atoms with Gasteiger partial charge in [0.1, 0.15) is 5.82 Å². The van der Waals surface area contributed by atoms with Crippen molar-refractivity contribution in [2.24, 2.45) is 0 Å². The second-order valence-corrected chi connectivity index (χ2v) is 3.73. The number of halogens is 1. The van der Waals surface area contributed by atoms with Crippen molar-refractivity contribution in [2.45, 2.75) is 13.0 Å². The van der Waals surface area contributed by atoms with E-state index in [2.05, 4.69) is 5.32 Å². The second-order valence-electron chi connectivity index (χ2n) is 3.73. The molecule has 0 atom stereocenters. The standard InChI is InChI=1S/C12H17FN2O/c1-14-7-6-12(16)15(2)9-10-4-3-5-11(13)8-10/h3-5,8,14H,6-7,9H2,1-2H3. The number of rotatable bonds is 5. The van der Waals surface area contributed by atoms with Gasteiger partial charge in [0.25, 0.3) is 0 Å². The van der Waals surface area contributed by atoms with Gasteiger partial charge in [0.05, 0.1) is 0 Å². The van der Waals surface area contributed by atoms with Crippen LogP contribution in [0, 0.1) is 5.82 Å². The Bertz CT molecular complexity index is 355. The molecule has 0 bridgehead atoms. The molecule has 0 fully saturated rings. The van der Waals surface area contributed by atoms with Crippen LogP contribution in [-0.2, 0) is 11.3 Å². The van der Waals surface area contributed by atoms with Gasteiger partial charge < -0.3 is 10.2 Å². The zero-order valence-electron chi connectivity index (χ0n) is 9.66. The summed E-state index contributed by atoms with van der Waals surface area (Å²) in [6.45, 7) is 1.10. The summed E-state index contributed by atoms with van der Waals surface area (Å²) in [7, 11) is 3.53. The molecule has 16 heavy (non-hydrogen) atoms. The SMILES string of the molecule is CNCCC(=O)N(C)Cc1cccc(F)c1. The fourth-order valence-corrected chi connectivity index (χ4v) is 1.42. The fourth-order valence-electron chi connectivity index (χ4n) is 1.42. The van der Waals surface area contributed by atoms with Crippen LogP contribution in [-0.4, -0.2) is 31.4 Å². The first-order valence-electron chi connectivity index (χ1n) is 5.26. The number of hydrogen-bond donors (Lipinski definition) is 1. The Balaban J connectivity index is 2.50. The molecule has 1 aromatic carbocycles. The van der Waals surface area contributed by atoms with Gasteiger partial charge in [0.15, 0.2) is 0 Å². The largest absolute Gasteiger partial charge is 0.341 e. The molecule has 0 aromatic heterocycles. The normalized spacial score (nSPS) is 10.2. The summed E-state index contributed by atoms with van der Waals surface area (Å²) in [5.74, 6) is -0.216. The van der Waals surface area contributed by atoms with Crippen molar-refractivity contribution >= 4 is 5.91 Å². The predicted octanol–water partition coefficient (Wildman–Crippen LogP) is 1.39. The molecule has 0 unspecified atom stereocenters. The molecule has 1 amide bonds. The molecular weight excluding hydrogens is 207 g/mol. The summed E-state index contributed by atoms with van der Waals surface area (Å²) in [6.07, 6.45) is 0.461. The molecule has 3 nitrogen and oxygen atoms in total. The number of hydrogen-bond acceptors (Lipinski definition) is 2. The van der Waals surface area contributed by atoms with Gasteiger partial charge in [-0.2, -0.15) is 0 Å². The van der Waals surface area contributed by atoms with Crippen LogP contribution in [0.2, 0.25) is 0 Å². The molecular formula is C12H17FN2O. The van der Waals surface area contributed by atoms with Crippen molar-refractivity contribution in [3.05, 3.63) is 35.6 Å². The van der Waals surface area contributed by atoms with Gasteiger partial charge in [-0.1, -0.05) is 12.1 Å². The Morgan fingerprint density at radius 3 is 2.88 bits per heavy atom. The third kappa shape index (κ3) is 3.98. The minimum absolute atomic E-state index is 0.0543. The van der Waals surface area contributed by atoms with E-state index in [0.29, 0.717) is 19.5 Å². The zero-order chi connectivity index (χ0) is 12.0. The third-order valence-corrected chi connectivity index (χ3v) is 2.32. The highest BCUT2D eigenvalue weighted by atomic mass is 19.1. The van der Waals surface area contributed by atoms with Crippen molar-refractivity contribution in [3.63, 3.8) is 0 Å². The molecule has 0 saturated heterocycles. The van der Waals surface area contributed by atoms with Crippen molar-refractivity contribution in [1.82, 2.24) is 10.2 Å². The van der Waals surface area contributed by atoms with E-state index in [1.54, 1.807) is 25.1 Å². The molecule has 0 spiro atoms. The third-order valence-electron chi connectivity index (χ3n) is 2.32. The molecule has 0 aliphatic rings. The molecule has 0 heterocycles. The van der Waals surface area contributed by atoms with Gasteiger partial charge in [-0.3, -0.25) is 4.79 Å². The van der Waals surface area contributed by atoms with Crippen LogP contribution in [0.5, 0.6) is 0 Å². The average molecular weight is 224 g/mol. The van der Waals surface area contributed by atoms with Crippen LogP contribution in [0.25, 0.3) is 0 Å². The number of nitrogens with zero attached hydrogens (tertiary/aromatic N) is 1. The van der Waals surface area contributed by atoms with E-state index < -0.39 is 0 Å². The molecule has 0 radical (unpaired) electrons. The molecule has 1 rings (SSSR count). The molecule has 0 aliphatic carbocycles. The monoisotopic (exact) mass is 224 g/mol. The van der Waals surface area contributed by atoms with E-state index in [9.17, 15) is 9.18 Å². The van der Waals surface area contributed by atoms with Crippen molar-refractivity contribution in [3.8, 4) is 0 Å². The quantitative estimate of drug-likeness (QED) is 0.819. The fraction of sp³-hybridized carbons (Fsp3) is 0.417. The maximum Gasteiger partial charge on any atom is 0.223 e. The van der Waals surface area contributed by atoms with Crippen molar-refractivity contribution < 1.29 is 9.18 Å². The van der Waals surface area contributed by atoms with Crippen LogP contribution in [0.15, 0.2) is 24.3 Å². The zero-order valence-corrected chi connectivity index (χ0v) is 9.66. The highest BCUT2D eigenvalue weighted by molar-refractivity contribution is 5.76. The highest BCUT2D eigenvalue weighted by Gasteiger charge is 2.08. The topological polar surface area (TPSA) is 32.3 Å². The summed E-state index contributed by atoms with van der Waals surface area (Å²) in [5, 5.41) is 2.92. The lowest BCUT2D eigenvalue weighted by molar-refractivity contribution is -0.130. The Hall–Kier alpha value is -1.42. The first-order valence-corrected chi connectivity index (χ1v) is 5.26. The predicted molar refractivity (Wildman–Crippen MR) is 61.4 cm³/mol. The first kappa shape index (κ1) is 12.6. The number of benzene rings is 1. The Morgan fingerprint density at radius 1 is 1.50 bits per heavy atom. The summed E-state index contributed by atoms with van der Waals surface area (Å²) < 4.78 is 12.9. The Morgan fingerprint density at radius 2 is 2.25 bits per heavy atom. The van der Waals surface area contributed by atoms with Gasteiger partial charge in [0.2, 0.25) is 5.91 Å². The smallest absolute Gasteiger partial charge is 0.223 e. The van der Waals surface area contributed by atoms with Crippen LogP contribution >= 0.6 is 0 Å². The lowest BCUT2D eigenvalue weighted by Crippen LogP contribution is -2.28. The number of nitrogens with one attached hydrogen (secondary N) is 1. The molecule has 1 N–H and O–H groups in total. The number of carbonyl (C=O) groups excluding carboxylic acids is 1. The van der Waals surface area contributed by atoms with E-state index in [1.165, 1.54) is 12.1 Å². The maximum absolute atomic E-state index is 12.9. The van der Waals surface area contributed by atoms with E-state index in [0.717, 1.165) is 5.56 Å². The second kappa shape index (κ2) is 6.23. The highest BCUT2D eigenvalue weighted by Crippen LogP contribution is 2.06. The molecule has 88 valence electrons. The first-order chi connectivity index (χ1) is 7.63. The van der Waals surface area contributed by atoms with Crippen molar-refractivity contribution in [2.75, 3.05) is 20.6 Å². The number of carbonyl (C=O) groups is 1. The summed E-state index contributed by atoms with van der Waals surface area (Å²) >= 11 is 0. The minimum atomic E-state index is -0.270. The maximum atomic E-state index is 12.9. The lowest BCUT2D eigenvalue weighted by Gasteiger charge is -2.17. The van der Waals surface area contributed by atoms with Crippen molar-refractivity contribution in [1.29, 1.82) is 0 Å². The van der Waals surface area contributed by atoms with Gasteiger partial charge in [-0.25, -0.2) is 4.39 Å². The van der Waals surface area contributed by atoms with E-state index in [1.807, 2.05) is 6.07 Å². The number of amides is 1. The van der Waals surface area contributed by atoms with Crippen LogP contribution in [0.4, 0.5) is 4.39 Å². The van der Waals surface area contributed by atoms with E-state index in [4.69, 9.17) is 0 Å². The molecule has 0 aliphatic heterocycles. The Kier molecular flexibility index (Phi) is 4.92. The summed E-state index contributed by atoms with van der Waals surface area (Å²) in [6, 6.07) is 6.30. The van der Waals surface area contributed by atoms with Crippen LogP contribution in [0.3, 0.4) is 0 Å². The van der Waals surface area contributed by atoms with E-state index >= 15 is 0 Å². The molecule has 0 saturated carbocycles. The lowest BCUT2D eigenvalue weighted by atomic mass is 10.2. The summed E-state index contributed by atoms with van der Waals surface area (Å²) in [4.78, 5) is 13.2. The molecule has 1 aromatic rings. The van der Waals surface area contributed by atoms with Crippen LogP contribution < -0.4 is 5.32 Å². The minimum Gasteiger partial charge on any atom is -0.341 e. The van der Waals surface area contributed by atoms with Gasteiger partial charge >= 0.3 is 0 Å². The van der Waals surface area contributed by atoms with E-state index in [-0.39, 0.29) is 11.7 Å². The van der Waals surface area contributed by atoms with Gasteiger partial charge in [-0.15, -0.1) is 0 Å². The Labute approximate surface area is 95.3 Å².